The number of benzene rings is 1. The van der Waals surface area contributed by atoms with Gasteiger partial charge in [-0.15, -0.1) is 11.3 Å². The van der Waals surface area contributed by atoms with Gasteiger partial charge in [-0.25, -0.2) is 14.8 Å². The summed E-state index contributed by atoms with van der Waals surface area (Å²) in [5.74, 6) is -0.830. The van der Waals surface area contributed by atoms with Gasteiger partial charge >= 0.3 is 5.97 Å². The SMILES string of the molecule is COC(=O)c1cnc(NC(=O)c2csc(Cc3ccccc3)n2)s1. The topological polar surface area (TPSA) is 81.2 Å². The first kappa shape index (κ1) is 16.3. The molecule has 1 N–H and O–H groups in total. The fourth-order valence-corrected chi connectivity index (χ4v) is 3.49. The van der Waals surface area contributed by atoms with E-state index in [-0.39, 0.29) is 5.91 Å². The van der Waals surface area contributed by atoms with Crippen LogP contribution in [0, 0.1) is 0 Å². The summed E-state index contributed by atoms with van der Waals surface area (Å²) in [5.41, 5.74) is 1.47. The first-order valence-corrected chi connectivity index (χ1v) is 8.69. The Morgan fingerprint density at radius 3 is 2.79 bits per heavy atom. The lowest BCUT2D eigenvalue weighted by atomic mass is 10.2. The van der Waals surface area contributed by atoms with Gasteiger partial charge in [0.25, 0.3) is 5.91 Å². The monoisotopic (exact) mass is 359 g/mol. The Morgan fingerprint density at radius 2 is 2.04 bits per heavy atom. The van der Waals surface area contributed by atoms with Crippen LogP contribution in [0.4, 0.5) is 5.13 Å². The number of esters is 1. The summed E-state index contributed by atoms with van der Waals surface area (Å²) in [6.07, 6.45) is 2.05. The Hall–Kier alpha value is -2.58. The molecule has 1 amide bonds. The van der Waals surface area contributed by atoms with Crippen LogP contribution in [0.25, 0.3) is 0 Å². The third kappa shape index (κ3) is 3.84. The number of nitrogens with one attached hydrogen (secondary N) is 1. The van der Waals surface area contributed by atoms with Gasteiger partial charge in [0.05, 0.1) is 18.3 Å². The second kappa shape index (κ2) is 7.33. The van der Waals surface area contributed by atoms with E-state index in [1.165, 1.54) is 24.6 Å². The maximum absolute atomic E-state index is 12.2. The largest absolute Gasteiger partial charge is 0.465 e. The number of nitrogens with zero attached hydrogens (tertiary/aromatic N) is 2. The Balaban J connectivity index is 1.65. The Kier molecular flexibility index (Phi) is 4.97. The second-order valence-electron chi connectivity index (χ2n) is 4.76. The molecule has 0 radical (unpaired) electrons. The van der Waals surface area contributed by atoms with Crippen LogP contribution in [0.5, 0.6) is 0 Å². The lowest BCUT2D eigenvalue weighted by molar-refractivity contribution is 0.0606. The molecular weight excluding hydrogens is 346 g/mol. The fraction of sp³-hybridized carbons (Fsp3) is 0.125. The molecule has 0 aliphatic rings. The second-order valence-corrected chi connectivity index (χ2v) is 6.74. The van der Waals surface area contributed by atoms with Gasteiger partial charge in [0, 0.05) is 11.8 Å². The third-order valence-electron chi connectivity index (χ3n) is 3.10. The molecule has 0 fully saturated rings. The molecule has 0 unspecified atom stereocenters. The van der Waals surface area contributed by atoms with Gasteiger partial charge < -0.3 is 4.74 Å². The van der Waals surface area contributed by atoms with Gasteiger partial charge in [0.2, 0.25) is 0 Å². The zero-order valence-electron chi connectivity index (χ0n) is 12.7. The van der Waals surface area contributed by atoms with Crippen LogP contribution in [0.2, 0.25) is 0 Å². The molecule has 0 atom stereocenters. The van der Waals surface area contributed by atoms with Crippen molar-refractivity contribution in [3.8, 4) is 0 Å². The molecule has 1 aromatic carbocycles. The quantitative estimate of drug-likeness (QED) is 0.707. The van der Waals surface area contributed by atoms with Gasteiger partial charge in [-0.1, -0.05) is 41.7 Å². The molecule has 122 valence electrons. The van der Waals surface area contributed by atoms with Crippen molar-refractivity contribution in [3.05, 3.63) is 63.1 Å². The number of aromatic nitrogens is 2. The maximum atomic E-state index is 12.2. The number of carbonyl (C=O) groups is 2. The summed E-state index contributed by atoms with van der Waals surface area (Å²) < 4.78 is 4.61. The molecular formula is C16H13N3O3S2. The first-order chi connectivity index (χ1) is 11.7. The Bertz CT molecular complexity index is 858. The molecule has 0 bridgehead atoms. The molecule has 24 heavy (non-hydrogen) atoms. The number of amides is 1. The smallest absolute Gasteiger partial charge is 0.349 e. The predicted octanol–water partition coefficient (Wildman–Crippen LogP) is 3.23. The average molecular weight is 359 g/mol. The molecule has 3 rings (SSSR count). The summed E-state index contributed by atoms with van der Waals surface area (Å²) in [6, 6.07) is 9.94. The van der Waals surface area contributed by atoms with E-state index in [0.717, 1.165) is 21.9 Å². The van der Waals surface area contributed by atoms with E-state index in [4.69, 9.17) is 0 Å². The van der Waals surface area contributed by atoms with Crippen molar-refractivity contribution in [1.29, 1.82) is 0 Å². The van der Waals surface area contributed by atoms with Gasteiger partial charge in [0.1, 0.15) is 10.6 Å². The number of carbonyl (C=O) groups excluding carboxylic acids is 2. The van der Waals surface area contributed by atoms with Crippen LogP contribution >= 0.6 is 22.7 Å². The minimum absolute atomic E-state index is 0.329. The van der Waals surface area contributed by atoms with Gasteiger partial charge in [0.15, 0.2) is 5.13 Å². The van der Waals surface area contributed by atoms with Crippen molar-refractivity contribution in [2.75, 3.05) is 12.4 Å². The van der Waals surface area contributed by atoms with E-state index >= 15 is 0 Å². The summed E-state index contributed by atoms with van der Waals surface area (Å²) in [4.78, 5) is 32.3. The van der Waals surface area contributed by atoms with E-state index in [1.807, 2.05) is 30.3 Å². The number of hydrogen-bond acceptors (Lipinski definition) is 7. The Morgan fingerprint density at radius 1 is 1.25 bits per heavy atom. The van der Waals surface area contributed by atoms with Crippen molar-refractivity contribution in [1.82, 2.24) is 9.97 Å². The highest BCUT2D eigenvalue weighted by molar-refractivity contribution is 7.17. The third-order valence-corrected chi connectivity index (χ3v) is 4.84. The van der Waals surface area contributed by atoms with Crippen molar-refractivity contribution in [2.24, 2.45) is 0 Å². The summed E-state index contributed by atoms with van der Waals surface area (Å²) in [7, 11) is 1.30. The van der Waals surface area contributed by atoms with Crippen LogP contribution in [0.3, 0.4) is 0 Å². The standard InChI is InChI=1S/C16H13N3O3S2/c1-22-15(21)12-8-17-16(24-12)19-14(20)11-9-23-13(18-11)7-10-5-3-2-4-6-10/h2-6,8-9H,7H2,1H3,(H,17,19,20). The molecule has 2 aromatic heterocycles. The highest BCUT2D eigenvalue weighted by Crippen LogP contribution is 2.20. The number of anilines is 1. The van der Waals surface area contributed by atoms with Crippen LogP contribution in [0.15, 0.2) is 41.9 Å². The number of rotatable bonds is 5. The highest BCUT2D eigenvalue weighted by Gasteiger charge is 2.15. The lowest BCUT2D eigenvalue weighted by Gasteiger charge is -1.98. The molecule has 0 saturated carbocycles. The van der Waals surface area contributed by atoms with Crippen LogP contribution in [-0.4, -0.2) is 29.0 Å². The number of hydrogen-bond donors (Lipinski definition) is 1. The zero-order valence-corrected chi connectivity index (χ0v) is 14.3. The first-order valence-electron chi connectivity index (χ1n) is 6.99. The van der Waals surface area contributed by atoms with E-state index in [9.17, 15) is 9.59 Å². The molecule has 0 spiro atoms. The molecule has 0 saturated heterocycles. The number of thiazole rings is 2. The van der Waals surface area contributed by atoms with Gasteiger partial charge in [-0.05, 0) is 5.56 Å². The van der Waals surface area contributed by atoms with Crippen LogP contribution < -0.4 is 5.32 Å². The van der Waals surface area contributed by atoms with Crippen molar-refractivity contribution >= 4 is 39.7 Å². The lowest BCUT2D eigenvalue weighted by Crippen LogP contribution is -2.12. The van der Waals surface area contributed by atoms with Crippen molar-refractivity contribution in [2.45, 2.75) is 6.42 Å². The van der Waals surface area contributed by atoms with E-state index in [0.29, 0.717) is 22.1 Å². The van der Waals surface area contributed by atoms with Gasteiger partial charge in [-0.3, -0.25) is 10.1 Å². The van der Waals surface area contributed by atoms with Crippen LogP contribution in [0.1, 0.15) is 30.7 Å². The summed E-state index contributed by atoms with van der Waals surface area (Å²) >= 11 is 2.49. The van der Waals surface area contributed by atoms with Crippen LogP contribution in [-0.2, 0) is 11.2 Å². The van der Waals surface area contributed by atoms with E-state index < -0.39 is 5.97 Å². The molecule has 0 aliphatic carbocycles. The fourth-order valence-electron chi connectivity index (χ4n) is 1.95. The minimum atomic E-state index is -0.480. The maximum Gasteiger partial charge on any atom is 0.349 e. The van der Waals surface area contributed by atoms with Crippen molar-refractivity contribution in [3.63, 3.8) is 0 Å². The predicted molar refractivity (Wildman–Crippen MR) is 92.8 cm³/mol. The number of methoxy groups -OCH3 is 1. The highest BCUT2D eigenvalue weighted by atomic mass is 32.1. The number of ether oxygens (including phenoxy) is 1. The zero-order chi connectivity index (χ0) is 16.9. The molecule has 2 heterocycles. The average Bonchev–Trinajstić information content (AvgIpc) is 3.25. The van der Waals surface area contributed by atoms with E-state index in [2.05, 4.69) is 20.0 Å². The molecule has 6 nitrogen and oxygen atoms in total. The van der Waals surface area contributed by atoms with Crippen molar-refractivity contribution < 1.29 is 14.3 Å². The molecule has 8 heteroatoms. The molecule has 0 aliphatic heterocycles. The summed E-state index contributed by atoms with van der Waals surface area (Å²) in [5, 5.41) is 5.54. The Labute approximate surface area is 146 Å². The summed E-state index contributed by atoms with van der Waals surface area (Å²) in [6.45, 7) is 0. The van der Waals surface area contributed by atoms with E-state index in [1.54, 1.807) is 5.38 Å². The minimum Gasteiger partial charge on any atom is -0.465 e. The molecule has 3 aromatic rings. The van der Waals surface area contributed by atoms with Gasteiger partial charge in [-0.2, -0.15) is 0 Å². The normalized spacial score (nSPS) is 10.4.